The van der Waals surface area contributed by atoms with E-state index >= 15 is 0 Å². The van der Waals surface area contributed by atoms with Crippen LogP contribution in [0.1, 0.15) is 0 Å². The standard InChI is InChI=1S/C12H9FN4/c13-9-3-6-11-15-12(16-17(11)7-9)8-1-4-10(14)5-2-8/h1-7H,14H2. The van der Waals surface area contributed by atoms with Crippen molar-refractivity contribution < 1.29 is 4.39 Å². The minimum Gasteiger partial charge on any atom is -0.399 e. The highest BCUT2D eigenvalue weighted by molar-refractivity contribution is 5.60. The second-order valence-corrected chi connectivity index (χ2v) is 3.71. The molecule has 0 saturated carbocycles. The zero-order chi connectivity index (χ0) is 11.8. The van der Waals surface area contributed by atoms with E-state index in [4.69, 9.17) is 5.73 Å². The third kappa shape index (κ3) is 1.71. The Hall–Kier alpha value is -2.43. The molecule has 0 atom stereocenters. The fourth-order valence-corrected chi connectivity index (χ4v) is 1.61. The van der Waals surface area contributed by atoms with Crippen LogP contribution in [0, 0.1) is 5.82 Å². The highest BCUT2D eigenvalue weighted by atomic mass is 19.1. The highest BCUT2D eigenvalue weighted by Gasteiger charge is 2.06. The van der Waals surface area contributed by atoms with Crippen molar-refractivity contribution in [1.82, 2.24) is 14.6 Å². The molecule has 4 nitrogen and oxygen atoms in total. The Morgan fingerprint density at radius 3 is 2.59 bits per heavy atom. The van der Waals surface area contributed by atoms with Gasteiger partial charge in [-0.3, -0.25) is 0 Å². The molecule has 1 aromatic carbocycles. The summed E-state index contributed by atoms with van der Waals surface area (Å²) < 4.78 is 14.4. The van der Waals surface area contributed by atoms with Crippen LogP contribution in [-0.2, 0) is 0 Å². The first kappa shape index (κ1) is 9.77. The van der Waals surface area contributed by atoms with Gasteiger partial charge in [0.25, 0.3) is 0 Å². The largest absolute Gasteiger partial charge is 0.399 e. The van der Waals surface area contributed by atoms with E-state index < -0.39 is 0 Å². The second-order valence-electron chi connectivity index (χ2n) is 3.71. The molecular formula is C12H9FN4. The van der Waals surface area contributed by atoms with Crippen molar-refractivity contribution in [3.8, 4) is 11.4 Å². The number of hydrogen-bond acceptors (Lipinski definition) is 3. The Morgan fingerprint density at radius 1 is 1.06 bits per heavy atom. The van der Waals surface area contributed by atoms with Crippen molar-refractivity contribution in [3.05, 3.63) is 48.4 Å². The van der Waals surface area contributed by atoms with Crippen LogP contribution in [0.15, 0.2) is 42.6 Å². The van der Waals surface area contributed by atoms with Crippen molar-refractivity contribution in [2.45, 2.75) is 0 Å². The molecule has 0 aliphatic heterocycles. The third-order valence-corrected chi connectivity index (χ3v) is 2.46. The second kappa shape index (κ2) is 3.55. The Balaban J connectivity index is 2.14. The van der Waals surface area contributed by atoms with Crippen molar-refractivity contribution in [3.63, 3.8) is 0 Å². The summed E-state index contributed by atoms with van der Waals surface area (Å²) in [6.07, 6.45) is 1.29. The van der Waals surface area contributed by atoms with Crippen LogP contribution in [0.25, 0.3) is 17.0 Å². The fourth-order valence-electron chi connectivity index (χ4n) is 1.61. The number of benzene rings is 1. The average molecular weight is 228 g/mol. The Morgan fingerprint density at radius 2 is 1.82 bits per heavy atom. The predicted octanol–water partition coefficient (Wildman–Crippen LogP) is 2.12. The number of nitrogen functional groups attached to an aromatic ring is 1. The molecule has 3 rings (SSSR count). The summed E-state index contributed by atoms with van der Waals surface area (Å²) in [5.41, 5.74) is 7.75. The molecule has 2 N–H and O–H groups in total. The van der Waals surface area contributed by atoms with E-state index in [1.54, 1.807) is 18.2 Å². The molecule has 0 unspecified atom stereocenters. The third-order valence-electron chi connectivity index (χ3n) is 2.46. The molecule has 0 saturated heterocycles. The normalized spacial score (nSPS) is 10.9. The summed E-state index contributed by atoms with van der Waals surface area (Å²) in [6, 6.07) is 10.2. The highest BCUT2D eigenvalue weighted by Crippen LogP contribution is 2.17. The smallest absolute Gasteiger partial charge is 0.182 e. The molecule has 0 amide bonds. The molecule has 17 heavy (non-hydrogen) atoms. The molecule has 0 aliphatic carbocycles. The van der Waals surface area contributed by atoms with Crippen molar-refractivity contribution in [2.24, 2.45) is 0 Å². The fraction of sp³-hybridized carbons (Fsp3) is 0. The van der Waals surface area contributed by atoms with E-state index in [9.17, 15) is 4.39 Å². The topological polar surface area (TPSA) is 56.2 Å². The summed E-state index contributed by atoms with van der Waals surface area (Å²) >= 11 is 0. The monoisotopic (exact) mass is 228 g/mol. The Kier molecular flexibility index (Phi) is 2.04. The Labute approximate surface area is 96.5 Å². The van der Waals surface area contributed by atoms with Gasteiger partial charge in [-0.15, -0.1) is 5.10 Å². The van der Waals surface area contributed by atoms with Crippen molar-refractivity contribution in [2.75, 3.05) is 5.73 Å². The lowest BCUT2D eigenvalue weighted by molar-refractivity contribution is 0.615. The number of anilines is 1. The molecule has 0 bridgehead atoms. The van der Waals surface area contributed by atoms with Gasteiger partial charge < -0.3 is 5.73 Å². The van der Waals surface area contributed by atoms with Gasteiger partial charge in [0.05, 0.1) is 6.20 Å². The predicted molar refractivity (Wildman–Crippen MR) is 62.8 cm³/mol. The number of halogens is 1. The maximum atomic E-state index is 13.0. The number of aromatic nitrogens is 3. The minimum absolute atomic E-state index is 0.341. The lowest BCUT2D eigenvalue weighted by Crippen LogP contribution is -1.88. The molecule has 2 heterocycles. The van der Waals surface area contributed by atoms with Crippen LogP contribution >= 0.6 is 0 Å². The van der Waals surface area contributed by atoms with Gasteiger partial charge in [0.2, 0.25) is 0 Å². The van der Waals surface area contributed by atoms with E-state index in [2.05, 4.69) is 10.1 Å². The van der Waals surface area contributed by atoms with Gasteiger partial charge in [0.15, 0.2) is 11.5 Å². The van der Waals surface area contributed by atoms with E-state index in [0.29, 0.717) is 17.2 Å². The SMILES string of the molecule is Nc1ccc(-c2nc3ccc(F)cn3n2)cc1. The van der Waals surface area contributed by atoms with Gasteiger partial charge in [-0.25, -0.2) is 13.9 Å². The van der Waals surface area contributed by atoms with E-state index in [0.717, 1.165) is 5.56 Å². The number of nitrogens with zero attached hydrogens (tertiary/aromatic N) is 3. The lowest BCUT2D eigenvalue weighted by atomic mass is 10.2. The first-order chi connectivity index (χ1) is 8.22. The van der Waals surface area contributed by atoms with Gasteiger partial charge in [0, 0.05) is 11.3 Å². The summed E-state index contributed by atoms with van der Waals surface area (Å²) in [5.74, 6) is 0.210. The van der Waals surface area contributed by atoms with Gasteiger partial charge >= 0.3 is 0 Å². The summed E-state index contributed by atoms with van der Waals surface area (Å²) in [6.45, 7) is 0. The number of pyridine rings is 1. The van der Waals surface area contributed by atoms with Crippen LogP contribution in [0.2, 0.25) is 0 Å². The number of nitrogens with two attached hydrogens (primary N) is 1. The minimum atomic E-state index is -0.341. The first-order valence-corrected chi connectivity index (χ1v) is 5.10. The Bertz CT molecular complexity index is 673. The van der Waals surface area contributed by atoms with Crippen molar-refractivity contribution >= 4 is 11.3 Å². The molecule has 0 fully saturated rings. The molecule has 2 aromatic heterocycles. The average Bonchev–Trinajstić information content (AvgIpc) is 2.72. The van der Waals surface area contributed by atoms with Gasteiger partial charge in [-0.2, -0.15) is 0 Å². The molecule has 5 heteroatoms. The van der Waals surface area contributed by atoms with Gasteiger partial charge in [0.1, 0.15) is 5.82 Å². The maximum Gasteiger partial charge on any atom is 0.182 e. The lowest BCUT2D eigenvalue weighted by Gasteiger charge is -1.95. The van der Waals surface area contributed by atoms with E-state index in [-0.39, 0.29) is 5.82 Å². The molecule has 3 aromatic rings. The number of hydrogen-bond donors (Lipinski definition) is 1. The summed E-state index contributed by atoms with van der Waals surface area (Å²) in [5, 5.41) is 4.20. The maximum absolute atomic E-state index is 13.0. The van der Waals surface area contributed by atoms with Crippen molar-refractivity contribution in [1.29, 1.82) is 0 Å². The molecule has 0 spiro atoms. The molecule has 0 aliphatic rings. The van der Waals surface area contributed by atoms with Gasteiger partial charge in [-0.1, -0.05) is 0 Å². The zero-order valence-electron chi connectivity index (χ0n) is 8.84. The number of rotatable bonds is 1. The number of fused-ring (bicyclic) bond motifs is 1. The van der Waals surface area contributed by atoms with Crippen LogP contribution in [0.4, 0.5) is 10.1 Å². The molecular weight excluding hydrogens is 219 g/mol. The molecule has 0 radical (unpaired) electrons. The zero-order valence-corrected chi connectivity index (χ0v) is 8.84. The van der Waals surface area contributed by atoms with Crippen LogP contribution in [0.3, 0.4) is 0 Å². The van der Waals surface area contributed by atoms with Crippen LogP contribution < -0.4 is 5.73 Å². The summed E-state index contributed by atoms with van der Waals surface area (Å²) in [7, 11) is 0. The van der Waals surface area contributed by atoms with E-state index in [1.165, 1.54) is 16.8 Å². The summed E-state index contributed by atoms with van der Waals surface area (Å²) in [4.78, 5) is 4.30. The molecule has 84 valence electrons. The first-order valence-electron chi connectivity index (χ1n) is 5.10. The van der Waals surface area contributed by atoms with Crippen LogP contribution in [0.5, 0.6) is 0 Å². The van der Waals surface area contributed by atoms with E-state index in [1.807, 2.05) is 12.1 Å². The quantitative estimate of drug-likeness (QED) is 0.649. The van der Waals surface area contributed by atoms with Gasteiger partial charge in [-0.05, 0) is 36.4 Å². The van der Waals surface area contributed by atoms with Crippen LogP contribution in [-0.4, -0.2) is 14.6 Å².